The Bertz CT molecular complexity index is 794. The van der Waals surface area contributed by atoms with E-state index in [1.807, 2.05) is 19.9 Å². The summed E-state index contributed by atoms with van der Waals surface area (Å²) in [6, 6.07) is 4.93. The summed E-state index contributed by atoms with van der Waals surface area (Å²) in [7, 11) is 0. The van der Waals surface area contributed by atoms with Gasteiger partial charge in [0.15, 0.2) is 23.4 Å². The van der Waals surface area contributed by atoms with E-state index in [1.54, 1.807) is 13.0 Å². The van der Waals surface area contributed by atoms with Crippen molar-refractivity contribution in [2.75, 3.05) is 13.2 Å². The summed E-state index contributed by atoms with van der Waals surface area (Å²) >= 11 is 0. The third kappa shape index (κ3) is 6.61. The standard InChI is InChI=1S/C19H26FN5O2.HI/c1-4-21-19(22-10-18-24-13(3)27-25-18)23-12(2)15-7-8-17(16(20)9-15)26-11-14-5-6-14;/h7-9,12,14H,4-6,10-11H2,1-3H3,(H2,21,22,23);1H. The molecule has 0 aliphatic heterocycles. The minimum atomic E-state index is -0.342. The van der Waals surface area contributed by atoms with Crippen LogP contribution in [-0.2, 0) is 6.54 Å². The molecule has 2 N–H and O–H groups in total. The molecule has 2 aromatic rings. The average molecular weight is 503 g/mol. The molecule has 0 radical (unpaired) electrons. The van der Waals surface area contributed by atoms with Crippen molar-refractivity contribution in [2.24, 2.45) is 10.9 Å². The van der Waals surface area contributed by atoms with Crippen molar-refractivity contribution < 1.29 is 13.7 Å². The third-order valence-corrected chi connectivity index (χ3v) is 4.27. The van der Waals surface area contributed by atoms with Gasteiger partial charge in [-0.1, -0.05) is 11.2 Å². The predicted molar refractivity (Wildman–Crippen MR) is 115 cm³/mol. The summed E-state index contributed by atoms with van der Waals surface area (Å²) in [4.78, 5) is 8.58. The normalized spacial score (nSPS) is 14.9. The fraction of sp³-hybridized carbons (Fsp3) is 0.526. The lowest BCUT2D eigenvalue weighted by atomic mass is 10.1. The molecular weight excluding hydrogens is 476 g/mol. The topological polar surface area (TPSA) is 84.6 Å². The van der Waals surface area contributed by atoms with Gasteiger partial charge in [0.25, 0.3) is 0 Å². The van der Waals surface area contributed by atoms with Crippen molar-refractivity contribution in [3.8, 4) is 5.75 Å². The maximum absolute atomic E-state index is 14.3. The molecule has 0 spiro atoms. The zero-order valence-electron chi connectivity index (χ0n) is 16.4. The van der Waals surface area contributed by atoms with E-state index in [2.05, 4.69) is 25.8 Å². The first-order valence-electron chi connectivity index (χ1n) is 9.31. The van der Waals surface area contributed by atoms with Crippen LogP contribution >= 0.6 is 24.0 Å². The molecule has 1 aromatic carbocycles. The van der Waals surface area contributed by atoms with Gasteiger partial charge in [-0.25, -0.2) is 9.38 Å². The Morgan fingerprint density at radius 3 is 2.82 bits per heavy atom. The number of aliphatic imine (C=N–C) groups is 1. The zero-order valence-corrected chi connectivity index (χ0v) is 18.7. The van der Waals surface area contributed by atoms with Crippen molar-refractivity contribution in [1.29, 1.82) is 0 Å². The highest BCUT2D eigenvalue weighted by molar-refractivity contribution is 14.0. The largest absolute Gasteiger partial charge is 0.490 e. The number of nitrogens with zero attached hydrogens (tertiary/aromatic N) is 3. The highest BCUT2D eigenvalue weighted by Crippen LogP contribution is 2.30. The van der Waals surface area contributed by atoms with E-state index < -0.39 is 0 Å². The van der Waals surface area contributed by atoms with Crippen molar-refractivity contribution in [3.63, 3.8) is 0 Å². The van der Waals surface area contributed by atoms with Crippen LogP contribution in [0.3, 0.4) is 0 Å². The van der Waals surface area contributed by atoms with Crippen LogP contribution in [0.4, 0.5) is 4.39 Å². The molecular formula is C19H27FIN5O2. The van der Waals surface area contributed by atoms with Gasteiger partial charge in [-0.2, -0.15) is 4.98 Å². The van der Waals surface area contributed by atoms with Gasteiger partial charge in [-0.3, -0.25) is 0 Å². The number of halogens is 2. The van der Waals surface area contributed by atoms with Crippen LogP contribution in [0.5, 0.6) is 5.75 Å². The molecule has 1 saturated carbocycles. The van der Waals surface area contributed by atoms with Gasteiger partial charge in [0.2, 0.25) is 5.89 Å². The minimum Gasteiger partial charge on any atom is -0.490 e. The summed E-state index contributed by atoms with van der Waals surface area (Å²) in [6.45, 7) is 7.25. The molecule has 154 valence electrons. The highest BCUT2D eigenvalue weighted by atomic mass is 127. The smallest absolute Gasteiger partial charge is 0.223 e. The molecule has 0 saturated heterocycles. The molecule has 1 aromatic heterocycles. The molecule has 0 amide bonds. The summed E-state index contributed by atoms with van der Waals surface area (Å²) in [5.74, 6) is 2.18. The second kappa shape index (κ2) is 10.6. The highest BCUT2D eigenvalue weighted by Gasteiger charge is 2.22. The molecule has 9 heteroatoms. The van der Waals surface area contributed by atoms with E-state index in [0.29, 0.717) is 49.0 Å². The van der Waals surface area contributed by atoms with Crippen molar-refractivity contribution in [2.45, 2.75) is 46.2 Å². The molecule has 1 aliphatic rings. The maximum Gasteiger partial charge on any atom is 0.223 e. The number of aromatic nitrogens is 2. The lowest BCUT2D eigenvalue weighted by molar-refractivity contribution is 0.285. The number of benzene rings is 1. The number of hydrogen-bond donors (Lipinski definition) is 2. The van der Waals surface area contributed by atoms with E-state index in [-0.39, 0.29) is 35.8 Å². The molecule has 28 heavy (non-hydrogen) atoms. The minimum absolute atomic E-state index is 0. The number of ether oxygens (including phenoxy) is 1. The fourth-order valence-corrected chi connectivity index (χ4v) is 2.56. The van der Waals surface area contributed by atoms with E-state index >= 15 is 0 Å². The SMILES string of the molecule is CCNC(=NCc1noc(C)n1)NC(C)c1ccc(OCC2CC2)c(F)c1.I. The number of aryl methyl sites for hydroxylation is 1. The molecule has 0 bridgehead atoms. The molecule has 1 fully saturated rings. The Kier molecular flexibility index (Phi) is 8.46. The Morgan fingerprint density at radius 2 is 2.21 bits per heavy atom. The zero-order chi connectivity index (χ0) is 19.2. The number of hydrogen-bond acceptors (Lipinski definition) is 5. The van der Waals surface area contributed by atoms with Gasteiger partial charge in [-0.05, 0) is 50.3 Å². The maximum atomic E-state index is 14.3. The van der Waals surface area contributed by atoms with Gasteiger partial charge >= 0.3 is 0 Å². The van der Waals surface area contributed by atoms with Gasteiger partial charge in [0, 0.05) is 13.5 Å². The van der Waals surface area contributed by atoms with Crippen LogP contribution in [0.2, 0.25) is 0 Å². The lowest BCUT2D eigenvalue weighted by Crippen LogP contribution is -2.38. The molecule has 3 rings (SSSR count). The van der Waals surface area contributed by atoms with E-state index in [0.717, 1.165) is 5.56 Å². The van der Waals surface area contributed by atoms with E-state index in [1.165, 1.54) is 18.9 Å². The van der Waals surface area contributed by atoms with Crippen LogP contribution in [0.25, 0.3) is 0 Å². The van der Waals surface area contributed by atoms with Gasteiger partial charge in [0.05, 0.1) is 12.6 Å². The first kappa shape index (κ1) is 22.4. The number of nitrogens with one attached hydrogen (secondary N) is 2. The predicted octanol–water partition coefficient (Wildman–Crippen LogP) is 3.74. The molecule has 7 nitrogen and oxygen atoms in total. The quantitative estimate of drug-likeness (QED) is 0.325. The lowest BCUT2D eigenvalue weighted by Gasteiger charge is -2.18. The van der Waals surface area contributed by atoms with Crippen molar-refractivity contribution in [1.82, 2.24) is 20.8 Å². The van der Waals surface area contributed by atoms with E-state index in [4.69, 9.17) is 9.26 Å². The van der Waals surface area contributed by atoms with Crippen molar-refractivity contribution in [3.05, 3.63) is 41.3 Å². The van der Waals surface area contributed by atoms with Crippen LogP contribution in [0.15, 0.2) is 27.7 Å². The number of guanidine groups is 1. The molecule has 1 unspecified atom stereocenters. The Hall–Kier alpha value is -1.91. The summed E-state index contributed by atoms with van der Waals surface area (Å²) in [5, 5.41) is 10.3. The monoisotopic (exact) mass is 503 g/mol. The summed E-state index contributed by atoms with van der Waals surface area (Å²) in [6.07, 6.45) is 2.35. The second-order valence-corrected chi connectivity index (χ2v) is 6.74. The summed E-state index contributed by atoms with van der Waals surface area (Å²) < 4.78 is 24.8. The van der Waals surface area contributed by atoms with Crippen LogP contribution in [0.1, 0.15) is 50.0 Å². The van der Waals surface area contributed by atoms with Gasteiger partial charge in [-0.15, -0.1) is 24.0 Å². The Labute approximate surface area is 181 Å². The van der Waals surface area contributed by atoms with E-state index in [9.17, 15) is 4.39 Å². The molecule has 1 heterocycles. The third-order valence-electron chi connectivity index (χ3n) is 4.27. The Morgan fingerprint density at radius 1 is 1.43 bits per heavy atom. The first-order chi connectivity index (χ1) is 13.0. The van der Waals surface area contributed by atoms with Gasteiger partial charge in [0.1, 0.15) is 6.54 Å². The van der Waals surface area contributed by atoms with Crippen LogP contribution in [-0.4, -0.2) is 29.3 Å². The average Bonchev–Trinajstić information content (AvgIpc) is 3.38. The fourth-order valence-electron chi connectivity index (χ4n) is 2.56. The van der Waals surface area contributed by atoms with Crippen molar-refractivity contribution >= 4 is 29.9 Å². The first-order valence-corrected chi connectivity index (χ1v) is 9.31. The Balaban J connectivity index is 0.00000280. The van der Waals surface area contributed by atoms with Crippen LogP contribution < -0.4 is 15.4 Å². The molecule has 1 atom stereocenters. The second-order valence-electron chi connectivity index (χ2n) is 6.74. The summed E-state index contributed by atoms with van der Waals surface area (Å²) in [5.41, 5.74) is 0.812. The van der Waals surface area contributed by atoms with Crippen LogP contribution in [0, 0.1) is 18.7 Å². The number of rotatable bonds is 8. The van der Waals surface area contributed by atoms with Gasteiger partial charge < -0.3 is 19.9 Å². The molecule has 1 aliphatic carbocycles.